The van der Waals surface area contributed by atoms with Gasteiger partial charge in [-0.1, -0.05) is 12.1 Å². The number of amides is 3. The molecule has 1 N–H and O–H groups in total. The summed E-state index contributed by atoms with van der Waals surface area (Å²) in [5.74, 6) is -1.38. The van der Waals surface area contributed by atoms with Crippen LogP contribution in [-0.4, -0.2) is 47.5 Å². The molecule has 2 aliphatic rings. The molecule has 6 nitrogen and oxygen atoms in total. The van der Waals surface area contributed by atoms with Crippen LogP contribution in [0.5, 0.6) is 0 Å². The fourth-order valence-corrected chi connectivity index (χ4v) is 4.93. The molecule has 1 unspecified atom stereocenters. The van der Waals surface area contributed by atoms with Crippen LogP contribution in [0.15, 0.2) is 47.4 Å². The quantitative estimate of drug-likeness (QED) is 0.761. The van der Waals surface area contributed by atoms with Crippen LogP contribution in [0.3, 0.4) is 0 Å². The Morgan fingerprint density at radius 1 is 1.17 bits per heavy atom. The monoisotopic (exact) mass is 427 g/mol. The maximum atomic E-state index is 13.3. The summed E-state index contributed by atoms with van der Waals surface area (Å²) in [6, 6.07) is 11.4. The molecule has 2 heterocycles. The Balaban J connectivity index is 1.56. The van der Waals surface area contributed by atoms with Crippen LogP contribution in [-0.2, 0) is 14.4 Å². The van der Waals surface area contributed by atoms with Crippen molar-refractivity contribution in [2.24, 2.45) is 0 Å². The standard InChI is InChI=1S/C22H22FN3O3S/c1-14-12-15(23)8-9-16(14)24-19(27)13-26-17-6-2-3-7-18(17)30-20(22(26)29)21(28)25-10-4-5-11-25/h2-3,6-9,12,20H,4-5,10-11,13H2,1H3,(H,24,27). The Labute approximate surface area is 178 Å². The van der Waals surface area contributed by atoms with Gasteiger partial charge in [-0.2, -0.15) is 0 Å². The third-order valence-electron chi connectivity index (χ3n) is 5.30. The second kappa shape index (κ2) is 8.47. The average molecular weight is 428 g/mol. The molecule has 0 radical (unpaired) electrons. The SMILES string of the molecule is Cc1cc(F)ccc1NC(=O)CN1C(=O)C(C(=O)N2CCCC2)Sc2ccccc21. The number of nitrogens with zero attached hydrogens (tertiary/aromatic N) is 2. The smallest absolute Gasteiger partial charge is 0.250 e. The number of thioether (sulfide) groups is 1. The molecule has 30 heavy (non-hydrogen) atoms. The van der Waals surface area contributed by atoms with Crippen molar-refractivity contribution in [3.63, 3.8) is 0 Å². The van der Waals surface area contributed by atoms with Crippen LogP contribution in [0.1, 0.15) is 18.4 Å². The predicted molar refractivity (Wildman–Crippen MR) is 114 cm³/mol. The summed E-state index contributed by atoms with van der Waals surface area (Å²) in [5.41, 5.74) is 1.69. The van der Waals surface area contributed by atoms with Gasteiger partial charge in [-0.05, 0) is 55.7 Å². The minimum atomic E-state index is -0.890. The van der Waals surface area contributed by atoms with Gasteiger partial charge >= 0.3 is 0 Å². The number of likely N-dealkylation sites (tertiary alicyclic amines) is 1. The predicted octanol–water partition coefficient (Wildman–Crippen LogP) is 3.20. The number of hydrogen-bond donors (Lipinski definition) is 1. The van der Waals surface area contributed by atoms with Gasteiger partial charge in [0.25, 0.3) is 5.91 Å². The number of nitrogens with one attached hydrogen (secondary N) is 1. The second-order valence-corrected chi connectivity index (χ2v) is 8.58. The van der Waals surface area contributed by atoms with Crippen LogP contribution in [0.25, 0.3) is 0 Å². The molecule has 4 rings (SSSR count). The number of fused-ring (bicyclic) bond motifs is 1. The average Bonchev–Trinajstić information content (AvgIpc) is 3.26. The molecule has 0 saturated carbocycles. The van der Waals surface area contributed by atoms with E-state index >= 15 is 0 Å². The van der Waals surface area contributed by atoms with Crippen molar-refractivity contribution in [1.29, 1.82) is 0 Å². The maximum Gasteiger partial charge on any atom is 0.250 e. The largest absolute Gasteiger partial charge is 0.341 e. The Bertz CT molecular complexity index is 1010. The first-order chi connectivity index (χ1) is 14.4. The molecule has 0 spiro atoms. The van der Waals surface area contributed by atoms with Gasteiger partial charge < -0.3 is 15.1 Å². The summed E-state index contributed by atoms with van der Waals surface area (Å²) >= 11 is 1.24. The molecule has 0 aliphatic carbocycles. The highest BCUT2D eigenvalue weighted by Crippen LogP contribution is 2.40. The van der Waals surface area contributed by atoms with Crippen molar-refractivity contribution >= 4 is 40.9 Å². The molecule has 2 aromatic carbocycles. The normalized spacial score (nSPS) is 18.3. The topological polar surface area (TPSA) is 69.7 Å². The maximum absolute atomic E-state index is 13.3. The van der Waals surface area contributed by atoms with Crippen molar-refractivity contribution < 1.29 is 18.8 Å². The number of benzene rings is 2. The van der Waals surface area contributed by atoms with Crippen molar-refractivity contribution in [3.05, 3.63) is 53.8 Å². The molecule has 1 atom stereocenters. The summed E-state index contributed by atoms with van der Waals surface area (Å²) in [7, 11) is 0. The van der Waals surface area contributed by atoms with Crippen molar-refractivity contribution in [2.75, 3.05) is 29.9 Å². The lowest BCUT2D eigenvalue weighted by atomic mass is 10.2. The number of rotatable bonds is 4. The molecular weight excluding hydrogens is 405 g/mol. The summed E-state index contributed by atoms with van der Waals surface area (Å²) < 4.78 is 13.3. The summed E-state index contributed by atoms with van der Waals surface area (Å²) in [6.07, 6.45) is 1.88. The van der Waals surface area contributed by atoms with E-state index in [1.165, 1.54) is 34.9 Å². The fourth-order valence-electron chi connectivity index (χ4n) is 3.74. The molecule has 2 aromatic rings. The third kappa shape index (κ3) is 4.05. The van der Waals surface area contributed by atoms with Crippen LogP contribution in [0.2, 0.25) is 0 Å². The first-order valence-corrected chi connectivity index (χ1v) is 10.7. The number of hydrogen-bond acceptors (Lipinski definition) is 4. The number of anilines is 2. The number of carbonyl (C=O) groups is 3. The van der Waals surface area contributed by atoms with Crippen molar-refractivity contribution in [2.45, 2.75) is 29.9 Å². The van der Waals surface area contributed by atoms with E-state index in [4.69, 9.17) is 0 Å². The highest BCUT2D eigenvalue weighted by atomic mass is 32.2. The first kappa shape index (κ1) is 20.4. The molecule has 8 heteroatoms. The minimum absolute atomic E-state index is 0.197. The summed E-state index contributed by atoms with van der Waals surface area (Å²) in [5, 5.41) is 1.84. The number of halogens is 1. The van der Waals surface area contributed by atoms with Crippen LogP contribution < -0.4 is 10.2 Å². The highest BCUT2D eigenvalue weighted by Gasteiger charge is 2.41. The number of carbonyl (C=O) groups excluding carboxylic acids is 3. The molecule has 2 aliphatic heterocycles. The van der Waals surface area contributed by atoms with Gasteiger partial charge in [-0.25, -0.2) is 4.39 Å². The molecule has 156 valence electrons. The van der Waals surface area contributed by atoms with E-state index in [0.29, 0.717) is 30.0 Å². The molecule has 1 fully saturated rings. The highest BCUT2D eigenvalue weighted by molar-refractivity contribution is 8.01. The van der Waals surface area contributed by atoms with E-state index < -0.39 is 11.2 Å². The van der Waals surface area contributed by atoms with Crippen LogP contribution in [0, 0.1) is 12.7 Å². The van der Waals surface area contributed by atoms with Crippen molar-refractivity contribution in [3.8, 4) is 0 Å². The lowest BCUT2D eigenvalue weighted by molar-refractivity contribution is -0.134. The summed E-state index contributed by atoms with van der Waals surface area (Å²) in [6.45, 7) is 2.79. The zero-order chi connectivity index (χ0) is 21.3. The van der Waals surface area contributed by atoms with Gasteiger partial charge in [-0.15, -0.1) is 11.8 Å². The lowest BCUT2D eigenvalue weighted by Crippen LogP contribution is -2.51. The van der Waals surface area contributed by atoms with E-state index in [-0.39, 0.29) is 24.2 Å². The zero-order valence-corrected chi connectivity index (χ0v) is 17.4. The van der Waals surface area contributed by atoms with Gasteiger partial charge in [0.2, 0.25) is 11.8 Å². The Hall–Kier alpha value is -2.87. The van der Waals surface area contributed by atoms with E-state index in [9.17, 15) is 18.8 Å². The Morgan fingerprint density at radius 2 is 1.90 bits per heavy atom. The minimum Gasteiger partial charge on any atom is -0.341 e. The lowest BCUT2D eigenvalue weighted by Gasteiger charge is -2.34. The molecule has 1 saturated heterocycles. The molecule has 0 aromatic heterocycles. The summed E-state index contributed by atoms with van der Waals surface area (Å²) in [4.78, 5) is 42.8. The third-order valence-corrected chi connectivity index (χ3v) is 6.54. The number of aryl methyl sites for hydroxylation is 1. The van der Waals surface area contributed by atoms with Crippen LogP contribution in [0.4, 0.5) is 15.8 Å². The first-order valence-electron chi connectivity index (χ1n) is 9.86. The van der Waals surface area contributed by atoms with E-state index in [1.54, 1.807) is 24.0 Å². The van der Waals surface area contributed by atoms with Gasteiger partial charge in [0.05, 0.1) is 5.69 Å². The van der Waals surface area contributed by atoms with E-state index in [1.807, 2.05) is 12.1 Å². The number of para-hydroxylation sites is 1. The van der Waals surface area contributed by atoms with Crippen LogP contribution >= 0.6 is 11.8 Å². The van der Waals surface area contributed by atoms with Gasteiger partial charge in [0.15, 0.2) is 5.25 Å². The van der Waals surface area contributed by atoms with Gasteiger partial charge in [0, 0.05) is 23.7 Å². The molecule has 0 bridgehead atoms. The zero-order valence-electron chi connectivity index (χ0n) is 16.6. The van der Waals surface area contributed by atoms with Gasteiger partial charge in [0.1, 0.15) is 12.4 Å². The Kier molecular flexibility index (Phi) is 5.76. The molecular formula is C22H22FN3O3S. The van der Waals surface area contributed by atoms with Crippen molar-refractivity contribution in [1.82, 2.24) is 4.90 Å². The second-order valence-electron chi connectivity index (χ2n) is 7.43. The van der Waals surface area contributed by atoms with E-state index in [0.717, 1.165) is 17.7 Å². The van der Waals surface area contributed by atoms with Gasteiger partial charge in [-0.3, -0.25) is 14.4 Å². The molecule has 3 amide bonds. The fraction of sp³-hybridized carbons (Fsp3) is 0.318. The van der Waals surface area contributed by atoms with E-state index in [2.05, 4.69) is 5.32 Å². The Morgan fingerprint density at radius 3 is 2.63 bits per heavy atom.